The van der Waals surface area contributed by atoms with Crippen LogP contribution in [0, 0.1) is 5.41 Å². The van der Waals surface area contributed by atoms with E-state index >= 15 is 0 Å². The van der Waals surface area contributed by atoms with Crippen LogP contribution in [0.25, 0.3) is 22.2 Å². The smallest absolute Gasteiger partial charge is 0.464 e. The number of nitrogens with one attached hydrogen (secondary N) is 2. The fourth-order valence-corrected chi connectivity index (χ4v) is 6.20. The van der Waals surface area contributed by atoms with Crippen molar-refractivity contribution in [2.45, 2.75) is 111 Å². The Bertz CT molecular complexity index is 1460. The molecule has 3 aromatic rings. The largest absolute Gasteiger partial charge is 0.494 e. The molecule has 0 unspecified atom stereocenters. The van der Waals surface area contributed by atoms with E-state index in [1.165, 1.54) is 16.6 Å². The van der Waals surface area contributed by atoms with Crippen LogP contribution in [-0.2, 0) is 31.8 Å². The molecule has 0 aliphatic carbocycles. The van der Waals surface area contributed by atoms with Gasteiger partial charge >= 0.3 is 13.1 Å². The molecule has 2 N–H and O–H groups in total. The molecule has 0 bridgehead atoms. The summed E-state index contributed by atoms with van der Waals surface area (Å²) in [6, 6.07) is 10.5. The Kier molecular flexibility index (Phi) is 8.84. The van der Waals surface area contributed by atoms with Gasteiger partial charge in [0.05, 0.1) is 29.2 Å². The van der Waals surface area contributed by atoms with E-state index in [2.05, 4.69) is 102 Å². The Hall–Kier alpha value is -2.72. The van der Waals surface area contributed by atoms with E-state index in [4.69, 9.17) is 19.0 Å². The van der Waals surface area contributed by atoms with Gasteiger partial charge in [-0.25, -0.2) is 5.43 Å². The van der Waals surface area contributed by atoms with Crippen LogP contribution in [0.2, 0.25) is 0 Å². The Labute approximate surface area is 257 Å². The Morgan fingerprint density at radius 2 is 1.91 bits per heavy atom. The number of carbonyl (C=O) groups is 1. The second-order valence-electron chi connectivity index (χ2n) is 14.2. The molecule has 4 heterocycles. The van der Waals surface area contributed by atoms with Crippen molar-refractivity contribution in [1.29, 1.82) is 0 Å². The molecule has 43 heavy (non-hydrogen) atoms. The highest BCUT2D eigenvalue weighted by atomic mass is 16.7. The highest BCUT2D eigenvalue weighted by Crippen LogP contribution is 2.41. The monoisotopic (exact) mass is 588 g/mol. The molecule has 232 valence electrons. The van der Waals surface area contributed by atoms with Crippen molar-refractivity contribution in [1.82, 2.24) is 20.4 Å². The Morgan fingerprint density at radius 1 is 1.19 bits per heavy atom. The number of esters is 1. The highest BCUT2D eigenvalue weighted by molar-refractivity contribution is 6.62. The number of aromatic nitrogens is 2. The lowest BCUT2D eigenvalue weighted by Gasteiger charge is -2.32. The maximum absolute atomic E-state index is 12.9. The SMILES string of the molecule is CCn1c(-c2cccnc2C(C)C)c(CC(C)(C)COC(=O)[C@@H]2CCCNN2)c2cc(B3OC(C)(C)C(C)(C)O3)ccc21. The number of aryl methyl sites for hydroxylation is 1. The summed E-state index contributed by atoms with van der Waals surface area (Å²) in [5.74, 6) is 0.0622. The topological polar surface area (TPSA) is 86.6 Å². The predicted octanol–water partition coefficient (Wildman–Crippen LogP) is 5.51. The summed E-state index contributed by atoms with van der Waals surface area (Å²) < 4.78 is 21.2. The first-order chi connectivity index (χ1) is 20.2. The fraction of sp³-hybridized carbons (Fsp3) is 0.588. The molecule has 2 aliphatic rings. The number of pyridine rings is 1. The van der Waals surface area contributed by atoms with E-state index in [0.717, 1.165) is 48.2 Å². The van der Waals surface area contributed by atoms with Crippen LogP contribution in [0.1, 0.15) is 92.3 Å². The molecule has 0 saturated carbocycles. The number of hydrazine groups is 1. The number of rotatable bonds is 9. The molecule has 2 fully saturated rings. The van der Waals surface area contributed by atoms with Crippen molar-refractivity contribution in [3.63, 3.8) is 0 Å². The number of nitrogens with zero attached hydrogens (tertiary/aromatic N) is 2. The van der Waals surface area contributed by atoms with Gasteiger partial charge in [-0.15, -0.1) is 0 Å². The number of ether oxygens (including phenoxy) is 1. The van der Waals surface area contributed by atoms with Gasteiger partial charge in [-0.2, -0.15) is 0 Å². The molecule has 1 aromatic carbocycles. The normalized spacial score (nSPS) is 20.2. The van der Waals surface area contributed by atoms with Gasteiger partial charge in [0.25, 0.3) is 0 Å². The molecular formula is C34H49BN4O4. The molecule has 5 rings (SSSR count). The van der Waals surface area contributed by atoms with Crippen LogP contribution in [0.5, 0.6) is 0 Å². The first-order valence-corrected chi connectivity index (χ1v) is 15.9. The molecule has 8 nitrogen and oxygen atoms in total. The summed E-state index contributed by atoms with van der Waals surface area (Å²) in [4.78, 5) is 17.7. The summed E-state index contributed by atoms with van der Waals surface area (Å²) in [7, 11) is -0.453. The van der Waals surface area contributed by atoms with Crippen molar-refractivity contribution in [3.8, 4) is 11.3 Å². The van der Waals surface area contributed by atoms with Gasteiger partial charge in [0.15, 0.2) is 0 Å². The second kappa shape index (κ2) is 12.0. The third kappa shape index (κ3) is 6.28. The predicted molar refractivity (Wildman–Crippen MR) is 173 cm³/mol. The minimum absolute atomic E-state index is 0.200. The van der Waals surface area contributed by atoms with E-state index in [1.54, 1.807) is 0 Å². The van der Waals surface area contributed by atoms with Gasteiger partial charge in [-0.1, -0.05) is 39.8 Å². The summed E-state index contributed by atoms with van der Waals surface area (Å²) >= 11 is 0. The van der Waals surface area contributed by atoms with Gasteiger partial charge in [0, 0.05) is 41.2 Å². The van der Waals surface area contributed by atoms with Gasteiger partial charge in [0.2, 0.25) is 0 Å². The third-order valence-electron chi connectivity index (χ3n) is 9.29. The van der Waals surface area contributed by atoms with Crippen molar-refractivity contribution in [3.05, 3.63) is 47.8 Å². The van der Waals surface area contributed by atoms with E-state index in [1.807, 2.05) is 12.3 Å². The number of fused-ring (bicyclic) bond motifs is 1. The first kappa shape index (κ1) is 31.7. The molecule has 0 radical (unpaired) electrons. The molecule has 2 saturated heterocycles. The fourth-order valence-electron chi connectivity index (χ4n) is 6.20. The average molecular weight is 589 g/mol. The van der Waals surface area contributed by atoms with Crippen molar-refractivity contribution in [2.75, 3.05) is 13.2 Å². The molecule has 0 spiro atoms. The van der Waals surface area contributed by atoms with Gasteiger partial charge in [0.1, 0.15) is 6.04 Å². The highest BCUT2D eigenvalue weighted by Gasteiger charge is 2.51. The van der Waals surface area contributed by atoms with E-state index in [0.29, 0.717) is 13.0 Å². The molecular weight excluding hydrogens is 539 g/mol. The Balaban J connectivity index is 1.59. The van der Waals surface area contributed by atoms with E-state index < -0.39 is 18.3 Å². The van der Waals surface area contributed by atoms with E-state index in [-0.39, 0.29) is 23.3 Å². The Morgan fingerprint density at radius 3 is 2.53 bits per heavy atom. The first-order valence-electron chi connectivity index (χ1n) is 15.9. The summed E-state index contributed by atoms with van der Waals surface area (Å²) in [6.45, 7) is 21.3. The average Bonchev–Trinajstić information content (AvgIpc) is 3.39. The van der Waals surface area contributed by atoms with Crippen molar-refractivity contribution >= 4 is 29.5 Å². The molecule has 2 aliphatic heterocycles. The van der Waals surface area contributed by atoms with Gasteiger partial charge in [-0.3, -0.25) is 15.2 Å². The molecule has 0 amide bonds. The van der Waals surface area contributed by atoms with Crippen LogP contribution in [0.4, 0.5) is 0 Å². The molecule has 1 atom stereocenters. The lowest BCUT2D eigenvalue weighted by molar-refractivity contribution is -0.150. The van der Waals surface area contributed by atoms with Crippen molar-refractivity contribution < 1.29 is 18.8 Å². The van der Waals surface area contributed by atoms with Crippen LogP contribution >= 0.6 is 0 Å². The van der Waals surface area contributed by atoms with Crippen LogP contribution in [0.15, 0.2) is 36.5 Å². The van der Waals surface area contributed by atoms with Crippen molar-refractivity contribution in [2.24, 2.45) is 5.41 Å². The maximum atomic E-state index is 12.9. The molecule has 9 heteroatoms. The minimum Gasteiger partial charge on any atom is -0.464 e. The zero-order chi connectivity index (χ0) is 31.2. The quantitative estimate of drug-likeness (QED) is 0.252. The van der Waals surface area contributed by atoms with Crippen LogP contribution in [0.3, 0.4) is 0 Å². The van der Waals surface area contributed by atoms with Crippen LogP contribution in [-0.4, -0.2) is 53.0 Å². The number of hydrogen-bond acceptors (Lipinski definition) is 7. The lowest BCUT2D eigenvalue weighted by atomic mass is 9.77. The number of carbonyl (C=O) groups excluding carboxylic acids is 1. The second-order valence-corrected chi connectivity index (χ2v) is 14.2. The zero-order valence-corrected chi connectivity index (χ0v) is 27.5. The maximum Gasteiger partial charge on any atom is 0.494 e. The summed E-state index contributed by atoms with van der Waals surface area (Å²) in [6.07, 6.45) is 4.33. The minimum atomic E-state index is -0.453. The summed E-state index contributed by atoms with van der Waals surface area (Å²) in [5.41, 5.74) is 11.8. The number of benzene rings is 1. The van der Waals surface area contributed by atoms with Gasteiger partial charge < -0.3 is 18.6 Å². The van der Waals surface area contributed by atoms with Crippen LogP contribution < -0.4 is 16.3 Å². The zero-order valence-electron chi connectivity index (χ0n) is 27.5. The number of hydrogen-bond donors (Lipinski definition) is 2. The standard InChI is InChI=1S/C34H49BN4O4/c1-10-39-28-16-15-23(35-42-33(6,7)34(8,9)43-35)19-25(28)26(30(39)24-13-11-17-36-29(24)22(2)3)20-32(4,5)21-41-31(40)27-14-12-18-37-38-27/h11,13,15-17,19,22,27,37-38H,10,12,14,18,20-21H2,1-9H3/t27-/m0/s1. The van der Waals surface area contributed by atoms with E-state index in [9.17, 15) is 4.79 Å². The third-order valence-corrected chi connectivity index (χ3v) is 9.29. The summed E-state index contributed by atoms with van der Waals surface area (Å²) in [5, 5.41) is 1.17. The molecule has 2 aromatic heterocycles. The lowest BCUT2D eigenvalue weighted by Crippen LogP contribution is -2.50. The van der Waals surface area contributed by atoms with Gasteiger partial charge in [-0.05, 0) is 89.0 Å².